The van der Waals surface area contributed by atoms with Gasteiger partial charge in [0.1, 0.15) is 5.82 Å². The Bertz CT molecular complexity index is 1560. The summed E-state index contributed by atoms with van der Waals surface area (Å²) in [5.74, 6) is 1.54. The van der Waals surface area contributed by atoms with Crippen LogP contribution in [0.5, 0.6) is 0 Å². The maximum Gasteiger partial charge on any atom is 0.106 e. The predicted molar refractivity (Wildman–Crippen MR) is 133 cm³/mol. The van der Waals surface area contributed by atoms with E-state index in [2.05, 4.69) is 73.6 Å². The van der Waals surface area contributed by atoms with Crippen molar-refractivity contribution in [3.8, 4) is 39.3 Å². The molecule has 0 atom stereocenters. The number of hydrogen-bond donors (Lipinski definition) is 0. The summed E-state index contributed by atoms with van der Waals surface area (Å²) in [6, 6.07) is 34.2. The molecule has 0 aliphatic carbocycles. The van der Waals surface area contributed by atoms with Gasteiger partial charge in [0.2, 0.25) is 0 Å². The molecule has 0 saturated carbocycles. The molecule has 173 valence electrons. The number of nitrogens with zero attached hydrogens (tertiary/aromatic N) is 6. The zero-order valence-electron chi connectivity index (χ0n) is 19.2. The van der Waals surface area contributed by atoms with Gasteiger partial charge in [0, 0.05) is 43.8 Å². The minimum absolute atomic E-state index is 0. The molecule has 0 aliphatic heterocycles. The summed E-state index contributed by atoms with van der Waals surface area (Å²) in [7, 11) is 2.00. The van der Waals surface area contributed by atoms with Crippen LogP contribution in [-0.2, 0) is 27.2 Å². The van der Waals surface area contributed by atoms with Crippen LogP contribution in [0.4, 0.5) is 0 Å². The molecule has 0 aliphatic rings. The van der Waals surface area contributed by atoms with E-state index in [0.717, 1.165) is 50.4 Å². The molecule has 0 spiro atoms. The van der Waals surface area contributed by atoms with E-state index < -0.39 is 0 Å². The first kappa shape index (κ1) is 22.8. The molecule has 0 bridgehead atoms. The van der Waals surface area contributed by atoms with Gasteiger partial charge in [-0.1, -0.05) is 84.4 Å². The topological polar surface area (TPSA) is 61.4 Å². The van der Waals surface area contributed by atoms with Gasteiger partial charge in [0.15, 0.2) is 0 Å². The number of tetrazole rings is 1. The SMILES string of the molecule is Cc1nc2cc[c-]c(-c3nnnn3-c3c(-c4ccccc4)cccc3-c3ccccc3)c2n1C.[Ir]. The van der Waals surface area contributed by atoms with Crippen molar-refractivity contribution in [1.29, 1.82) is 0 Å². The Morgan fingerprint density at radius 3 is 2.03 bits per heavy atom. The van der Waals surface area contributed by atoms with E-state index in [0.29, 0.717) is 5.82 Å². The van der Waals surface area contributed by atoms with Crippen molar-refractivity contribution in [2.24, 2.45) is 7.05 Å². The zero-order chi connectivity index (χ0) is 23.1. The van der Waals surface area contributed by atoms with E-state index in [1.807, 2.05) is 67.2 Å². The van der Waals surface area contributed by atoms with Crippen LogP contribution in [0.15, 0.2) is 91.0 Å². The van der Waals surface area contributed by atoms with E-state index in [1.165, 1.54) is 0 Å². The maximum absolute atomic E-state index is 4.68. The monoisotopic (exact) mass is 634 g/mol. The minimum atomic E-state index is 0. The Kier molecular flexibility index (Phi) is 6.12. The van der Waals surface area contributed by atoms with E-state index in [-0.39, 0.29) is 20.1 Å². The molecule has 1 radical (unpaired) electrons. The Morgan fingerprint density at radius 2 is 1.40 bits per heavy atom. The number of imidazole rings is 1. The van der Waals surface area contributed by atoms with E-state index in [4.69, 9.17) is 0 Å². The number of para-hydroxylation sites is 1. The third-order valence-corrected chi connectivity index (χ3v) is 6.16. The maximum atomic E-state index is 4.68. The molecule has 0 fully saturated rings. The average Bonchev–Trinajstić information content (AvgIpc) is 3.49. The fourth-order valence-electron chi connectivity index (χ4n) is 4.46. The zero-order valence-corrected chi connectivity index (χ0v) is 21.6. The normalized spacial score (nSPS) is 10.9. The first-order chi connectivity index (χ1) is 16.7. The third-order valence-electron chi connectivity index (χ3n) is 6.16. The number of aromatic nitrogens is 6. The Hall–Kier alpha value is -3.93. The van der Waals surface area contributed by atoms with Crippen molar-refractivity contribution in [1.82, 2.24) is 29.8 Å². The molecule has 4 aromatic carbocycles. The predicted octanol–water partition coefficient (Wildman–Crippen LogP) is 5.66. The van der Waals surface area contributed by atoms with Crippen molar-refractivity contribution < 1.29 is 20.1 Å². The minimum Gasteiger partial charge on any atom is -0.371 e. The third kappa shape index (κ3) is 3.89. The van der Waals surface area contributed by atoms with Crippen LogP contribution < -0.4 is 0 Å². The van der Waals surface area contributed by atoms with E-state index in [1.54, 1.807) is 0 Å². The quantitative estimate of drug-likeness (QED) is 0.235. The fraction of sp³-hybridized carbons (Fsp3) is 0.0714. The molecule has 2 aromatic heterocycles. The molecule has 0 amide bonds. The summed E-state index contributed by atoms with van der Waals surface area (Å²) < 4.78 is 3.89. The smallest absolute Gasteiger partial charge is 0.106 e. The number of fused-ring (bicyclic) bond motifs is 1. The van der Waals surface area contributed by atoms with Crippen LogP contribution >= 0.6 is 0 Å². The van der Waals surface area contributed by atoms with Crippen LogP contribution in [-0.4, -0.2) is 29.8 Å². The first-order valence-corrected chi connectivity index (χ1v) is 11.1. The molecule has 6 rings (SSSR count). The number of rotatable bonds is 4. The standard InChI is InChI=1S/C28H21N6.Ir/c1-19-29-25-18-10-17-24(27(25)33(19)2)28-30-31-32-34(28)26-22(20-11-5-3-6-12-20)15-9-16-23(26)21-13-7-4-8-14-21;/h3-16,18H,1-2H3;/q-1;. The summed E-state index contributed by atoms with van der Waals surface area (Å²) in [4.78, 5) is 4.68. The summed E-state index contributed by atoms with van der Waals surface area (Å²) in [6.07, 6.45) is 0. The van der Waals surface area contributed by atoms with Gasteiger partial charge in [-0.15, -0.1) is 18.2 Å². The number of hydrogen-bond acceptors (Lipinski definition) is 4. The van der Waals surface area contributed by atoms with Crippen molar-refractivity contribution in [2.75, 3.05) is 0 Å². The molecule has 0 saturated heterocycles. The van der Waals surface area contributed by atoms with Crippen LogP contribution in [0.3, 0.4) is 0 Å². The van der Waals surface area contributed by atoms with Gasteiger partial charge in [-0.05, 0) is 34.0 Å². The van der Waals surface area contributed by atoms with E-state index in [9.17, 15) is 0 Å². The van der Waals surface area contributed by atoms with Gasteiger partial charge >= 0.3 is 0 Å². The summed E-state index contributed by atoms with van der Waals surface area (Å²) in [5.41, 5.74) is 7.85. The summed E-state index contributed by atoms with van der Waals surface area (Å²) in [6.45, 7) is 1.99. The largest absolute Gasteiger partial charge is 0.371 e. The van der Waals surface area contributed by atoms with Crippen molar-refractivity contribution in [3.63, 3.8) is 0 Å². The Balaban J connectivity index is 0.00000253. The van der Waals surface area contributed by atoms with Crippen LogP contribution in [0.2, 0.25) is 0 Å². The van der Waals surface area contributed by atoms with Crippen LogP contribution in [0.1, 0.15) is 5.82 Å². The van der Waals surface area contributed by atoms with Gasteiger partial charge in [-0.3, -0.25) is 4.98 Å². The van der Waals surface area contributed by atoms with Gasteiger partial charge in [-0.25, -0.2) is 4.68 Å². The van der Waals surface area contributed by atoms with Crippen molar-refractivity contribution in [3.05, 3.63) is 103 Å². The van der Waals surface area contributed by atoms with Gasteiger partial charge in [0.25, 0.3) is 0 Å². The van der Waals surface area contributed by atoms with Crippen molar-refractivity contribution in [2.45, 2.75) is 6.92 Å². The fourth-order valence-corrected chi connectivity index (χ4v) is 4.46. The van der Waals surface area contributed by atoms with Gasteiger partial charge in [0.05, 0.1) is 11.5 Å². The second-order valence-electron chi connectivity index (χ2n) is 8.15. The van der Waals surface area contributed by atoms with Gasteiger partial charge < -0.3 is 4.57 Å². The van der Waals surface area contributed by atoms with Crippen LogP contribution in [0.25, 0.3) is 50.4 Å². The molecule has 2 heterocycles. The van der Waals surface area contributed by atoms with Crippen molar-refractivity contribution >= 4 is 11.0 Å². The van der Waals surface area contributed by atoms with Crippen LogP contribution in [0, 0.1) is 13.0 Å². The number of aryl methyl sites for hydroxylation is 2. The molecular formula is C28H21IrN6-. The molecule has 6 aromatic rings. The second kappa shape index (κ2) is 9.37. The second-order valence-corrected chi connectivity index (χ2v) is 8.15. The molecule has 7 heteroatoms. The molecule has 6 nitrogen and oxygen atoms in total. The molecule has 35 heavy (non-hydrogen) atoms. The van der Waals surface area contributed by atoms with E-state index >= 15 is 0 Å². The molecule has 0 N–H and O–H groups in total. The molecule has 0 unspecified atom stereocenters. The Labute approximate surface area is 216 Å². The summed E-state index contributed by atoms with van der Waals surface area (Å²) in [5, 5.41) is 13.0. The summed E-state index contributed by atoms with van der Waals surface area (Å²) >= 11 is 0. The van der Waals surface area contributed by atoms with Gasteiger partial charge in [-0.2, -0.15) is 5.10 Å². The Morgan fingerprint density at radius 1 is 0.771 bits per heavy atom. The molecular weight excluding hydrogens is 613 g/mol. The first-order valence-electron chi connectivity index (χ1n) is 11.1. The number of benzene rings is 4. The average molecular weight is 634 g/mol.